The third-order valence-electron chi connectivity index (χ3n) is 2.75. The van der Waals surface area contributed by atoms with Crippen LogP contribution in [-0.2, 0) is 7.05 Å². The van der Waals surface area contributed by atoms with Gasteiger partial charge in [0.2, 0.25) is 5.82 Å². The number of nitriles is 1. The molecule has 3 aromatic rings. The minimum absolute atomic E-state index is 0.349. The standard InChI is InChI=1S/C13H8BrN5O/c1-19-7-8(6-15)5-10(19)13-17-12(18-20-13)11-9(14)3-2-4-16-11/h2-5,7H,1H3. The van der Waals surface area contributed by atoms with Gasteiger partial charge in [0.05, 0.1) is 5.56 Å². The van der Waals surface area contributed by atoms with Gasteiger partial charge in [0.15, 0.2) is 0 Å². The van der Waals surface area contributed by atoms with E-state index in [0.717, 1.165) is 4.47 Å². The van der Waals surface area contributed by atoms with Gasteiger partial charge < -0.3 is 9.09 Å². The molecule has 0 N–H and O–H groups in total. The summed E-state index contributed by atoms with van der Waals surface area (Å²) in [7, 11) is 1.82. The lowest BCUT2D eigenvalue weighted by molar-refractivity contribution is 0.429. The molecule has 0 aliphatic rings. The van der Waals surface area contributed by atoms with Gasteiger partial charge in [0.25, 0.3) is 5.89 Å². The summed E-state index contributed by atoms with van der Waals surface area (Å²) in [6.07, 6.45) is 3.36. The molecule has 3 aromatic heterocycles. The smallest absolute Gasteiger partial charge is 0.274 e. The second-order valence-corrected chi connectivity index (χ2v) is 4.95. The Kier molecular flexibility index (Phi) is 3.08. The molecule has 0 aromatic carbocycles. The van der Waals surface area contributed by atoms with Gasteiger partial charge in [-0.25, -0.2) is 0 Å². The fraction of sp³-hybridized carbons (Fsp3) is 0.0769. The first-order valence-electron chi connectivity index (χ1n) is 5.70. The molecule has 0 fully saturated rings. The van der Waals surface area contributed by atoms with Crippen LogP contribution >= 0.6 is 15.9 Å². The van der Waals surface area contributed by atoms with Crippen molar-refractivity contribution < 1.29 is 4.52 Å². The fourth-order valence-electron chi connectivity index (χ4n) is 1.81. The van der Waals surface area contributed by atoms with Crippen LogP contribution in [0.3, 0.4) is 0 Å². The van der Waals surface area contributed by atoms with Crippen molar-refractivity contribution in [2.45, 2.75) is 0 Å². The highest BCUT2D eigenvalue weighted by Crippen LogP contribution is 2.26. The highest BCUT2D eigenvalue weighted by Gasteiger charge is 2.16. The fourth-order valence-corrected chi connectivity index (χ4v) is 2.24. The summed E-state index contributed by atoms with van der Waals surface area (Å²) in [6.45, 7) is 0. The Hall–Kier alpha value is -2.46. The minimum atomic E-state index is 0.349. The summed E-state index contributed by atoms with van der Waals surface area (Å²) in [5.41, 5.74) is 1.84. The van der Waals surface area contributed by atoms with Gasteiger partial charge in [-0.2, -0.15) is 10.2 Å². The predicted molar refractivity (Wildman–Crippen MR) is 74.4 cm³/mol. The quantitative estimate of drug-likeness (QED) is 0.722. The van der Waals surface area contributed by atoms with Crippen LogP contribution in [0.5, 0.6) is 0 Å². The zero-order chi connectivity index (χ0) is 14.1. The van der Waals surface area contributed by atoms with E-state index in [1.54, 1.807) is 23.0 Å². The molecule has 0 spiro atoms. The van der Waals surface area contributed by atoms with Crippen LogP contribution in [0.1, 0.15) is 5.56 Å². The van der Waals surface area contributed by atoms with Crippen LogP contribution in [0.25, 0.3) is 23.1 Å². The SMILES string of the molecule is Cn1cc(C#N)cc1-c1nc(-c2ncccc2Br)no1. The van der Waals surface area contributed by atoms with Crippen LogP contribution < -0.4 is 0 Å². The number of halogens is 1. The second kappa shape index (κ2) is 4.90. The van der Waals surface area contributed by atoms with Crippen molar-refractivity contribution in [1.82, 2.24) is 19.7 Å². The maximum atomic E-state index is 8.90. The topological polar surface area (TPSA) is 80.5 Å². The molecule has 7 heteroatoms. The Morgan fingerprint density at radius 1 is 1.45 bits per heavy atom. The lowest BCUT2D eigenvalue weighted by atomic mass is 10.3. The van der Waals surface area contributed by atoms with Gasteiger partial charge in [-0.3, -0.25) is 4.98 Å². The Labute approximate surface area is 122 Å². The molecule has 0 amide bonds. The van der Waals surface area contributed by atoms with E-state index in [4.69, 9.17) is 9.78 Å². The van der Waals surface area contributed by atoms with Crippen molar-refractivity contribution in [3.63, 3.8) is 0 Å². The number of nitrogens with zero attached hydrogens (tertiary/aromatic N) is 5. The van der Waals surface area contributed by atoms with Crippen molar-refractivity contribution in [3.8, 4) is 29.2 Å². The van der Waals surface area contributed by atoms with Gasteiger partial charge in [-0.1, -0.05) is 5.16 Å². The van der Waals surface area contributed by atoms with Gasteiger partial charge in [-0.15, -0.1) is 0 Å². The van der Waals surface area contributed by atoms with E-state index in [2.05, 4.69) is 37.1 Å². The zero-order valence-electron chi connectivity index (χ0n) is 10.4. The average Bonchev–Trinajstić information content (AvgIpc) is 3.05. The highest BCUT2D eigenvalue weighted by molar-refractivity contribution is 9.10. The Balaban J connectivity index is 2.05. The summed E-state index contributed by atoms with van der Waals surface area (Å²) in [5, 5.41) is 12.8. The van der Waals surface area contributed by atoms with E-state index in [0.29, 0.717) is 28.7 Å². The van der Waals surface area contributed by atoms with Gasteiger partial charge in [0.1, 0.15) is 17.5 Å². The van der Waals surface area contributed by atoms with E-state index in [9.17, 15) is 0 Å². The third-order valence-corrected chi connectivity index (χ3v) is 3.39. The van der Waals surface area contributed by atoms with Crippen LogP contribution in [-0.4, -0.2) is 19.7 Å². The summed E-state index contributed by atoms with van der Waals surface area (Å²) in [6, 6.07) is 7.44. The number of hydrogen-bond donors (Lipinski definition) is 0. The maximum absolute atomic E-state index is 8.90. The van der Waals surface area contributed by atoms with Gasteiger partial charge in [0, 0.05) is 23.9 Å². The molecule has 6 nitrogen and oxygen atoms in total. The lowest BCUT2D eigenvalue weighted by Crippen LogP contribution is -1.90. The molecule has 20 heavy (non-hydrogen) atoms. The normalized spacial score (nSPS) is 10.4. The van der Waals surface area contributed by atoms with Crippen molar-refractivity contribution in [2.24, 2.45) is 7.05 Å². The van der Waals surface area contributed by atoms with E-state index >= 15 is 0 Å². The van der Waals surface area contributed by atoms with E-state index < -0.39 is 0 Å². The van der Waals surface area contributed by atoms with Gasteiger partial charge >= 0.3 is 0 Å². The van der Waals surface area contributed by atoms with Crippen LogP contribution in [0.15, 0.2) is 39.6 Å². The Bertz CT molecular complexity index is 814. The highest BCUT2D eigenvalue weighted by atomic mass is 79.9. The average molecular weight is 330 g/mol. The van der Waals surface area contributed by atoms with Crippen LogP contribution in [0.2, 0.25) is 0 Å². The minimum Gasteiger partial charge on any atom is -0.345 e. The number of aromatic nitrogens is 4. The Morgan fingerprint density at radius 3 is 3.00 bits per heavy atom. The molecule has 0 aliphatic carbocycles. The molecule has 0 atom stereocenters. The monoisotopic (exact) mass is 329 g/mol. The molecule has 0 unspecified atom stereocenters. The molecule has 3 rings (SSSR count). The third kappa shape index (κ3) is 2.10. The predicted octanol–water partition coefficient (Wildman–Crippen LogP) is 2.77. The lowest BCUT2D eigenvalue weighted by Gasteiger charge is -1.96. The summed E-state index contributed by atoms with van der Waals surface area (Å²) < 4.78 is 7.80. The Morgan fingerprint density at radius 2 is 2.30 bits per heavy atom. The zero-order valence-corrected chi connectivity index (χ0v) is 12.0. The molecular formula is C13H8BrN5O. The van der Waals surface area contributed by atoms with Gasteiger partial charge in [-0.05, 0) is 34.1 Å². The first-order chi connectivity index (χ1) is 9.69. The summed E-state index contributed by atoms with van der Waals surface area (Å²) >= 11 is 3.40. The first kappa shape index (κ1) is 12.6. The van der Waals surface area contributed by atoms with Crippen LogP contribution in [0, 0.1) is 11.3 Å². The molecule has 3 heterocycles. The number of hydrogen-bond acceptors (Lipinski definition) is 5. The number of aryl methyl sites for hydroxylation is 1. The van der Waals surface area contributed by atoms with Crippen molar-refractivity contribution in [2.75, 3.05) is 0 Å². The largest absolute Gasteiger partial charge is 0.345 e. The maximum Gasteiger partial charge on any atom is 0.274 e. The van der Waals surface area contributed by atoms with E-state index in [1.807, 2.05) is 19.2 Å². The summed E-state index contributed by atoms with van der Waals surface area (Å²) in [4.78, 5) is 8.53. The molecule has 98 valence electrons. The molecule has 0 radical (unpaired) electrons. The van der Waals surface area contributed by atoms with Crippen molar-refractivity contribution in [3.05, 3.63) is 40.6 Å². The second-order valence-electron chi connectivity index (χ2n) is 4.09. The molecular weight excluding hydrogens is 322 g/mol. The van der Waals surface area contributed by atoms with E-state index in [1.165, 1.54) is 0 Å². The molecule has 0 saturated carbocycles. The van der Waals surface area contributed by atoms with E-state index in [-0.39, 0.29) is 0 Å². The summed E-state index contributed by atoms with van der Waals surface area (Å²) in [5.74, 6) is 0.744. The molecule has 0 aliphatic heterocycles. The van der Waals surface area contributed by atoms with Crippen LogP contribution in [0.4, 0.5) is 0 Å². The first-order valence-corrected chi connectivity index (χ1v) is 6.50. The number of rotatable bonds is 2. The van der Waals surface area contributed by atoms with Crippen molar-refractivity contribution in [1.29, 1.82) is 5.26 Å². The number of pyridine rings is 1. The molecule has 0 bridgehead atoms. The molecule has 0 saturated heterocycles. The van der Waals surface area contributed by atoms with Crippen molar-refractivity contribution >= 4 is 15.9 Å².